The standard InChI is InChI=1S/C19H22N2O3/c1-4-19(23,24-18(22)12(2)3)17-15(21)11-10-14(20)16(17)13-8-6-5-7-9-13/h5-11,23H,2,4,20-21H2,1,3H3. The van der Waals surface area contributed by atoms with Crippen molar-refractivity contribution >= 4 is 17.3 Å². The molecule has 5 heteroatoms. The van der Waals surface area contributed by atoms with Gasteiger partial charge in [0.1, 0.15) is 0 Å². The van der Waals surface area contributed by atoms with Crippen molar-refractivity contribution in [3.8, 4) is 11.1 Å². The summed E-state index contributed by atoms with van der Waals surface area (Å²) >= 11 is 0. The Kier molecular flexibility index (Phi) is 4.95. The Morgan fingerprint density at radius 3 is 2.29 bits per heavy atom. The van der Waals surface area contributed by atoms with E-state index in [-0.39, 0.29) is 17.6 Å². The Hall–Kier alpha value is -2.79. The lowest BCUT2D eigenvalue weighted by atomic mass is 9.89. The maximum atomic E-state index is 12.0. The maximum absolute atomic E-state index is 12.0. The molecule has 0 saturated heterocycles. The summed E-state index contributed by atoms with van der Waals surface area (Å²) < 4.78 is 5.31. The van der Waals surface area contributed by atoms with Gasteiger partial charge in [-0.15, -0.1) is 0 Å². The predicted octanol–water partition coefficient (Wildman–Crippen LogP) is 3.19. The van der Waals surface area contributed by atoms with Crippen molar-refractivity contribution in [2.75, 3.05) is 11.5 Å². The van der Waals surface area contributed by atoms with E-state index in [1.165, 1.54) is 6.92 Å². The first-order chi connectivity index (χ1) is 11.3. The molecule has 0 bridgehead atoms. The van der Waals surface area contributed by atoms with Crippen molar-refractivity contribution in [3.63, 3.8) is 0 Å². The van der Waals surface area contributed by atoms with Gasteiger partial charge in [-0.2, -0.15) is 0 Å². The van der Waals surface area contributed by atoms with Gasteiger partial charge in [0.05, 0.1) is 5.56 Å². The van der Waals surface area contributed by atoms with Gasteiger partial charge in [0.2, 0.25) is 5.79 Å². The summed E-state index contributed by atoms with van der Waals surface area (Å²) in [7, 11) is 0. The third kappa shape index (κ3) is 3.26. The first-order valence-electron chi connectivity index (χ1n) is 7.65. The topological polar surface area (TPSA) is 98.6 Å². The van der Waals surface area contributed by atoms with Gasteiger partial charge < -0.3 is 21.3 Å². The molecule has 0 aliphatic rings. The van der Waals surface area contributed by atoms with E-state index in [9.17, 15) is 9.90 Å². The predicted molar refractivity (Wildman–Crippen MR) is 95.8 cm³/mol. The zero-order valence-electron chi connectivity index (χ0n) is 13.9. The first-order valence-corrected chi connectivity index (χ1v) is 7.65. The molecule has 2 rings (SSSR count). The highest BCUT2D eigenvalue weighted by atomic mass is 16.7. The number of esters is 1. The van der Waals surface area contributed by atoms with Gasteiger partial charge in [-0.25, -0.2) is 4.79 Å². The Bertz CT molecular complexity index is 772. The summed E-state index contributed by atoms with van der Waals surface area (Å²) in [5.41, 5.74) is 14.8. The first kappa shape index (κ1) is 17.6. The van der Waals surface area contributed by atoms with Crippen LogP contribution in [0.25, 0.3) is 11.1 Å². The molecule has 24 heavy (non-hydrogen) atoms. The highest BCUT2D eigenvalue weighted by molar-refractivity contribution is 5.89. The number of rotatable bonds is 5. The van der Waals surface area contributed by atoms with E-state index in [0.29, 0.717) is 16.9 Å². The molecule has 0 aromatic heterocycles. The van der Waals surface area contributed by atoms with Crippen LogP contribution in [0.5, 0.6) is 0 Å². The molecule has 0 radical (unpaired) electrons. The Labute approximate surface area is 141 Å². The fourth-order valence-corrected chi connectivity index (χ4v) is 2.51. The largest absolute Gasteiger partial charge is 0.425 e. The number of benzene rings is 2. The molecule has 0 aliphatic carbocycles. The molecule has 1 unspecified atom stereocenters. The minimum absolute atomic E-state index is 0.111. The zero-order valence-corrected chi connectivity index (χ0v) is 13.9. The molecule has 0 spiro atoms. The molecule has 0 amide bonds. The number of carbonyl (C=O) groups is 1. The van der Waals surface area contributed by atoms with E-state index in [0.717, 1.165) is 5.56 Å². The molecule has 0 heterocycles. The van der Waals surface area contributed by atoms with Gasteiger partial charge in [-0.1, -0.05) is 43.8 Å². The average Bonchev–Trinajstić information content (AvgIpc) is 2.57. The number of nitrogen functional groups attached to an aromatic ring is 2. The summed E-state index contributed by atoms with van der Waals surface area (Å²) in [6.07, 6.45) is 0.111. The van der Waals surface area contributed by atoms with E-state index < -0.39 is 11.8 Å². The normalized spacial score (nSPS) is 13.1. The number of ether oxygens (including phenoxy) is 1. The van der Waals surface area contributed by atoms with Crippen LogP contribution in [0.3, 0.4) is 0 Å². The van der Waals surface area contributed by atoms with Crippen LogP contribution in [-0.4, -0.2) is 11.1 Å². The summed E-state index contributed by atoms with van der Waals surface area (Å²) in [5, 5.41) is 11.0. The summed E-state index contributed by atoms with van der Waals surface area (Å²) in [5.74, 6) is -2.60. The highest BCUT2D eigenvalue weighted by Gasteiger charge is 2.37. The smallest absolute Gasteiger partial charge is 0.335 e. The fourth-order valence-electron chi connectivity index (χ4n) is 2.51. The summed E-state index contributed by atoms with van der Waals surface area (Å²) in [6, 6.07) is 12.5. The van der Waals surface area contributed by atoms with Gasteiger partial charge in [0, 0.05) is 28.9 Å². The van der Waals surface area contributed by atoms with Crippen molar-refractivity contribution in [2.45, 2.75) is 26.1 Å². The second-order valence-electron chi connectivity index (χ2n) is 5.67. The average molecular weight is 326 g/mol. The van der Waals surface area contributed by atoms with Crippen molar-refractivity contribution in [2.24, 2.45) is 0 Å². The lowest BCUT2D eigenvalue weighted by Crippen LogP contribution is -2.33. The van der Waals surface area contributed by atoms with Gasteiger partial charge in [-0.05, 0) is 24.6 Å². The Balaban J connectivity index is 2.70. The Morgan fingerprint density at radius 1 is 1.17 bits per heavy atom. The van der Waals surface area contributed by atoms with Crippen LogP contribution < -0.4 is 11.5 Å². The monoisotopic (exact) mass is 326 g/mol. The van der Waals surface area contributed by atoms with Crippen molar-refractivity contribution in [3.05, 3.63) is 60.2 Å². The van der Waals surface area contributed by atoms with Gasteiger partial charge >= 0.3 is 5.97 Å². The summed E-state index contributed by atoms with van der Waals surface area (Å²) in [4.78, 5) is 12.0. The van der Waals surface area contributed by atoms with Crippen molar-refractivity contribution < 1.29 is 14.6 Å². The van der Waals surface area contributed by atoms with Crippen LogP contribution in [0, 0.1) is 0 Å². The Morgan fingerprint density at radius 2 is 1.75 bits per heavy atom. The molecule has 2 aromatic rings. The highest BCUT2D eigenvalue weighted by Crippen LogP contribution is 2.42. The number of carbonyl (C=O) groups excluding carboxylic acids is 1. The molecular weight excluding hydrogens is 304 g/mol. The van der Waals surface area contributed by atoms with Crippen LogP contribution >= 0.6 is 0 Å². The van der Waals surface area contributed by atoms with Crippen LogP contribution in [0.2, 0.25) is 0 Å². The zero-order chi connectivity index (χ0) is 17.9. The number of hydrogen-bond acceptors (Lipinski definition) is 5. The number of anilines is 2. The maximum Gasteiger partial charge on any atom is 0.335 e. The minimum Gasteiger partial charge on any atom is -0.425 e. The van der Waals surface area contributed by atoms with Crippen LogP contribution in [-0.2, 0) is 15.3 Å². The van der Waals surface area contributed by atoms with E-state index in [1.807, 2.05) is 30.3 Å². The van der Waals surface area contributed by atoms with Crippen LogP contribution in [0.15, 0.2) is 54.6 Å². The quantitative estimate of drug-likeness (QED) is 0.339. The fraction of sp³-hybridized carbons (Fsp3) is 0.211. The van der Waals surface area contributed by atoms with Crippen LogP contribution in [0.1, 0.15) is 25.8 Å². The van der Waals surface area contributed by atoms with Crippen molar-refractivity contribution in [1.29, 1.82) is 0 Å². The molecule has 1 atom stereocenters. The third-order valence-electron chi connectivity index (χ3n) is 3.81. The number of nitrogens with two attached hydrogens (primary N) is 2. The second-order valence-corrected chi connectivity index (χ2v) is 5.67. The van der Waals surface area contributed by atoms with Gasteiger partial charge in [-0.3, -0.25) is 0 Å². The molecule has 0 aliphatic heterocycles. The van der Waals surface area contributed by atoms with Gasteiger partial charge in [0.25, 0.3) is 0 Å². The minimum atomic E-state index is -1.90. The molecule has 0 saturated carbocycles. The lowest BCUT2D eigenvalue weighted by Gasteiger charge is -2.31. The lowest BCUT2D eigenvalue weighted by molar-refractivity contribution is -0.211. The molecule has 5 N–H and O–H groups in total. The molecule has 0 fully saturated rings. The SMILES string of the molecule is C=C(C)C(=O)OC(O)(CC)c1c(N)ccc(N)c1-c1ccccc1. The second kappa shape index (κ2) is 6.76. The third-order valence-corrected chi connectivity index (χ3v) is 3.81. The molecular formula is C19H22N2O3. The van der Waals surface area contributed by atoms with E-state index in [4.69, 9.17) is 16.2 Å². The number of aliphatic hydroxyl groups is 1. The molecule has 2 aromatic carbocycles. The van der Waals surface area contributed by atoms with E-state index in [2.05, 4.69) is 6.58 Å². The van der Waals surface area contributed by atoms with E-state index in [1.54, 1.807) is 19.1 Å². The number of hydrogen-bond donors (Lipinski definition) is 3. The summed E-state index contributed by atoms with van der Waals surface area (Å²) in [6.45, 7) is 6.76. The van der Waals surface area contributed by atoms with Crippen LogP contribution in [0.4, 0.5) is 11.4 Å². The molecule has 126 valence electrons. The van der Waals surface area contributed by atoms with E-state index >= 15 is 0 Å². The van der Waals surface area contributed by atoms with Crippen molar-refractivity contribution in [1.82, 2.24) is 0 Å². The van der Waals surface area contributed by atoms with Gasteiger partial charge in [0.15, 0.2) is 0 Å². The molecule has 5 nitrogen and oxygen atoms in total.